The zero-order valence-electron chi connectivity index (χ0n) is 38.0. The summed E-state index contributed by atoms with van der Waals surface area (Å²) in [5.41, 5.74) is 3.31. The summed E-state index contributed by atoms with van der Waals surface area (Å²) in [7, 11) is 0. The summed E-state index contributed by atoms with van der Waals surface area (Å²) >= 11 is 0. The number of carboxylic acid groups (broad SMARTS) is 1. The van der Waals surface area contributed by atoms with Crippen LogP contribution in [0.4, 0.5) is 35.0 Å². The van der Waals surface area contributed by atoms with Gasteiger partial charge < -0.3 is 29.6 Å². The van der Waals surface area contributed by atoms with Gasteiger partial charge in [0.15, 0.2) is 0 Å². The van der Waals surface area contributed by atoms with Crippen LogP contribution in [-0.2, 0) is 24.4 Å². The molecule has 0 spiro atoms. The van der Waals surface area contributed by atoms with Gasteiger partial charge in [0.05, 0.1) is 26.3 Å². The van der Waals surface area contributed by atoms with E-state index in [2.05, 4.69) is 39.8 Å². The highest BCUT2D eigenvalue weighted by atomic mass is 19.3. The zero-order chi connectivity index (χ0) is 47.3. The van der Waals surface area contributed by atoms with E-state index < -0.39 is 41.7 Å². The molecule has 19 heteroatoms. The van der Waals surface area contributed by atoms with Gasteiger partial charge in [-0.15, -0.1) is 0 Å². The SMILES string of the molecule is CCOC(=O)c1cn(Cc2ccc(N3CC4CC4C3)nc2C)nc1C(F)F.Cc1nc(N2CC3CC3C2)ccc1CO.Cc1nc(N2CC3CC3C2)ccc1Cn1cc(C(=O)O)c(C(F)F)n1. The lowest BCUT2D eigenvalue weighted by molar-refractivity contribution is 0.0514. The minimum atomic E-state index is -2.92. The van der Waals surface area contributed by atoms with Crippen LogP contribution in [0.15, 0.2) is 48.8 Å². The summed E-state index contributed by atoms with van der Waals surface area (Å²) in [6.07, 6.45) is 0.785. The first-order valence-corrected chi connectivity index (χ1v) is 23.0. The van der Waals surface area contributed by atoms with Crippen LogP contribution in [0.25, 0.3) is 0 Å². The molecule has 0 radical (unpaired) electrons. The molecular formula is C48H56F4N10O5. The number of halogens is 4. The van der Waals surface area contributed by atoms with E-state index in [1.165, 1.54) is 47.9 Å². The van der Waals surface area contributed by atoms with Crippen LogP contribution in [0.1, 0.15) is 105 Å². The van der Waals surface area contributed by atoms with E-state index in [4.69, 9.17) is 14.9 Å². The Kier molecular flexibility index (Phi) is 13.0. The molecule has 5 aromatic heterocycles. The van der Waals surface area contributed by atoms with Crippen LogP contribution in [0.5, 0.6) is 0 Å². The molecular weight excluding hydrogens is 873 g/mol. The third-order valence-electron chi connectivity index (χ3n) is 14.0. The van der Waals surface area contributed by atoms with Crippen molar-refractivity contribution in [3.05, 3.63) is 105 Å². The predicted octanol–water partition coefficient (Wildman–Crippen LogP) is 7.27. The number of aryl methyl sites for hydroxylation is 3. The van der Waals surface area contributed by atoms with Gasteiger partial charge in [-0.25, -0.2) is 42.1 Å². The maximum absolute atomic E-state index is 13.2. The molecule has 3 saturated heterocycles. The van der Waals surface area contributed by atoms with Gasteiger partial charge in [-0.1, -0.05) is 18.2 Å². The molecule has 6 atom stereocenters. The van der Waals surface area contributed by atoms with Gasteiger partial charge in [0.2, 0.25) is 0 Å². The van der Waals surface area contributed by atoms with Gasteiger partial charge in [-0.2, -0.15) is 10.2 Å². The first-order valence-electron chi connectivity index (χ1n) is 23.0. The molecule has 11 rings (SSSR count). The maximum Gasteiger partial charge on any atom is 0.341 e. The van der Waals surface area contributed by atoms with Gasteiger partial charge in [0.25, 0.3) is 12.9 Å². The van der Waals surface area contributed by atoms with E-state index in [0.29, 0.717) is 0 Å². The van der Waals surface area contributed by atoms with E-state index in [1.807, 2.05) is 57.2 Å². The summed E-state index contributed by atoms with van der Waals surface area (Å²) in [5, 5.41) is 25.7. The number of ether oxygens (including phenoxy) is 1. The number of aliphatic hydroxyl groups excluding tert-OH is 1. The highest BCUT2D eigenvalue weighted by Crippen LogP contribution is 2.47. The third kappa shape index (κ3) is 10.3. The fraction of sp³-hybridized carbons (Fsp3) is 0.521. The number of carbonyl (C=O) groups excluding carboxylic acids is 1. The predicted molar refractivity (Wildman–Crippen MR) is 240 cm³/mol. The minimum absolute atomic E-state index is 0.0877. The van der Waals surface area contributed by atoms with Crippen molar-refractivity contribution < 1.29 is 42.1 Å². The van der Waals surface area contributed by atoms with Crippen molar-refractivity contribution >= 4 is 29.4 Å². The van der Waals surface area contributed by atoms with E-state index in [-0.39, 0.29) is 31.9 Å². The van der Waals surface area contributed by atoms with Gasteiger partial charge in [-0.05, 0) is 117 Å². The van der Waals surface area contributed by atoms with Crippen molar-refractivity contribution in [2.24, 2.45) is 35.5 Å². The van der Waals surface area contributed by atoms with Crippen LogP contribution in [0.2, 0.25) is 0 Å². The van der Waals surface area contributed by atoms with E-state index in [0.717, 1.165) is 119 Å². The molecule has 3 aliphatic heterocycles. The molecule has 0 bridgehead atoms. The van der Waals surface area contributed by atoms with Crippen LogP contribution in [-0.4, -0.2) is 103 Å². The molecule has 8 heterocycles. The molecule has 6 unspecified atom stereocenters. The van der Waals surface area contributed by atoms with Crippen LogP contribution >= 0.6 is 0 Å². The minimum Gasteiger partial charge on any atom is -0.478 e. The number of fused-ring (bicyclic) bond motifs is 3. The Morgan fingerprint density at radius 1 is 0.612 bits per heavy atom. The molecule has 6 fully saturated rings. The zero-order valence-corrected chi connectivity index (χ0v) is 38.0. The number of hydrogen-bond acceptors (Lipinski definition) is 12. The summed E-state index contributed by atoms with van der Waals surface area (Å²) < 4.78 is 59.7. The average molecular weight is 929 g/mol. The lowest BCUT2D eigenvalue weighted by atomic mass is 10.2. The number of carbonyl (C=O) groups is 2. The van der Waals surface area contributed by atoms with Crippen molar-refractivity contribution in [1.82, 2.24) is 34.5 Å². The molecule has 356 valence electrons. The number of aliphatic hydroxyl groups is 1. The van der Waals surface area contributed by atoms with Gasteiger partial charge in [0.1, 0.15) is 40.0 Å². The van der Waals surface area contributed by atoms with Gasteiger partial charge in [0, 0.05) is 68.7 Å². The van der Waals surface area contributed by atoms with Crippen molar-refractivity contribution in [3.8, 4) is 0 Å². The number of aromatic nitrogens is 7. The Hall–Kier alpha value is -6.11. The number of pyridine rings is 3. The van der Waals surface area contributed by atoms with Gasteiger partial charge in [-0.3, -0.25) is 9.36 Å². The quantitative estimate of drug-likeness (QED) is 0.0895. The molecule has 0 amide bonds. The molecule has 15 nitrogen and oxygen atoms in total. The number of nitrogens with zero attached hydrogens (tertiary/aromatic N) is 10. The Balaban J connectivity index is 0.000000131. The average Bonchev–Trinajstić information content (AvgIpc) is 4.10. The first kappa shape index (κ1) is 46.0. The summed E-state index contributed by atoms with van der Waals surface area (Å²) in [6.45, 7) is 14.6. The first-order chi connectivity index (χ1) is 32.2. The molecule has 5 aromatic rings. The van der Waals surface area contributed by atoms with Crippen LogP contribution < -0.4 is 14.7 Å². The lowest BCUT2D eigenvalue weighted by Crippen LogP contribution is -2.23. The topological polar surface area (TPSA) is 168 Å². The molecule has 3 saturated carbocycles. The molecule has 6 aliphatic rings. The van der Waals surface area contributed by atoms with Crippen molar-refractivity contribution in [1.29, 1.82) is 0 Å². The number of anilines is 3. The normalized spacial score (nSPS) is 22.8. The second kappa shape index (κ2) is 18.9. The Morgan fingerprint density at radius 3 is 1.28 bits per heavy atom. The summed E-state index contributed by atoms with van der Waals surface area (Å²) in [6, 6.07) is 11.8. The number of hydrogen-bond donors (Lipinski definition) is 2. The number of piperidine rings is 3. The molecule has 67 heavy (non-hydrogen) atoms. The largest absolute Gasteiger partial charge is 0.478 e. The molecule has 3 aliphatic carbocycles. The highest BCUT2D eigenvalue weighted by molar-refractivity contribution is 5.90. The van der Waals surface area contributed by atoms with E-state index in [1.54, 1.807) is 6.92 Å². The van der Waals surface area contributed by atoms with E-state index in [9.17, 15) is 27.2 Å². The smallest absolute Gasteiger partial charge is 0.341 e. The van der Waals surface area contributed by atoms with Crippen molar-refractivity contribution in [3.63, 3.8) is 0 Å². The highest BCUT2D eigenvalue weighted by Gasteiger charge is 2.47. The van der Waals surface area contributed by atoms with Crippen molar-refractivity contribution in [2.75, 3.05) is 60.6 Å². The number of aromatic carboxylic acids is 1. The Bertz CT molecular complexity index is 2610. The number of alkyl halides is 4. The monoisotopic (exact) mass is 928 g/mol. The lowest BCUT2D eigenvalue weighted by Gasteiger charge is -2.20. The summed E-state index contributed by atoms with van der Waals surface area (Å²) in [4.78, 5) is 43.8. The fourth-order valence-electron chi connectivity index (χ4n) is 9.75. The van der Waals surface area contributed by atoms with Crippen LogP contribution in [0, 0.1) is 56.3 Å². The van der Waals surface area contributed by atoms with Gasteiger partial charge >= 0.3 is 11.9 Å². The number of rotatable bonds is 13. The third-order valence-corrected chi connectivity index (χ3v) is 14.0. The standard InChI is InChI=1S/C19H22F2N4O2.C17H18F2N4O2.C12H16N2O/c1-3-27-19(26)15-10-25(23-17(15)18(20)21)9-12-4-5-16(22-11(12)2)24-7-13-6-14(13)8-24;1-9-10(2-3-14(20-9)22-5-11-4-12(11)6-22)7-23-8-13(17(24)25)15(21-23)16(18)19;1-8-9(7-15)2-3-12(13-8)14-5-10-4-11(10)6-14/h4-5,10,13-14,18H,3,6-9H2,1-2H3;2-3,8,11-12,16H,4-7H2,1H3,(H,24,25);2-3,10-11,15H,4-7H2,1H3. The number of esters is 1. The van der Waals surface area contributed by atoms with Crippen LogP contribution in [0.3, 0.4) is 0 Å². The summed E-state index contributed by atoms with van der Waals surface area (Å²) in [5.74, 6) is 5.94. The van der Waals surface area contributed by atoms with E-state index >= 15 is 0 Å². The number of carboxylic acids is 1. The van der Waals surface area contributed by atoms with Crippen molar-refractivity contribution in [2.45, 2.75) is 79.5 Å². The molecule has 2 N–H and O–H groups in total. The maximum atomic E-state index is 13.2. The fourth-order valence-corrected chi connectivity index (χ4v) is 9.75. The molecule has 0 aromatic carbocycles. The Morgan fingerprint density at radius 2 is 0.970 bits per heavy atom. The second-order valence-corrected chi connectivity index (χ2v) is 18.8. The Labute approximate surface area is 385 Å². The second-order valence-electron chi connectivity index (χ2n) is 18.8.